The summed E-state index contributed by atoms with van der Waals surface area (Å²) in [5, 5.41) is 0. The van der Waals surface area contributed by atoms with Crippen molar-refractivity contribution in [1.82, 2.24) is 14.8 Å². The Balaban J connectivity index is 2.12. The average Bonchev–Trinajstić information content (AvgIpc) is 2.51. The summed E-state index contributed by atoms with van der Waals surface area (Å²) in [5.74, 6) is 0.174. The summed E-state index contributed by atoms with van der Waals surface area (Å²) in [7, 11) is 0. The maximum absolute atomic E-state index is 12.9. The maximum Gasteiger partial charge on any atom is 0.410 e. The third-order valence-corrected chi connectivity index (χ3v) is 4.38. The topological polar surface area (TPSA) is 62.7 Å². The molecule has 0 bridgehead atoms. The monoisotopic (exact) mass is 361 g/mol. The van der Waals surface area contributed by atoms with Crippen LogP contribution in [0.2, 0.25) is 0 Å². The number of hydrogen-bond donors (Lipinski definition) is 0. The third-order valence-electron chi connectivity index (χ3n) is 4.38. The van der Waals surface area contributed by atoms with E-state index < -0.39 is 11.1 Å². The van der Waals surface area contributed by atoms with Crippen LogP contribution in [0.3, 0.4) is 0 Å². The molecule has 0 saturated carbocycles. The predicted octanol–water partition coefficient (Wildman–Crippen LogP) is 3.68. The summed E-state index contributed by atoms with van der Waals surface area (Å²) in [4.78, 5) is 33.4. The first-order chi connectivity index (χ1) is 11.9. The molecule has 6 heteroatoms. The first-order valence-electron chi connectivity index (χ1n) is 9.17. The van der Waals surface area contributed by atoms with Crippen LogP contribution in [0.1, 0.15) is 70.6 Å². The van der Waals surface area contributed by atoms with Gasteiger partial charge in [-0.2, -0.15) is 0 Å². The van der Waals surface area contributed by atoms with Crippen molar-refractivity contribution in [2.24, 2.45) is 0 Å². The van der Waals surface area contributed by atoms with Gasteiger partial charge in [-0.1, -0.05) is 19.9 Å². The van der Waals surface area contributed by atoms with Gasteiger partial charge in [-0.05, 0) is 52.7 Å². The zero-order valence-electron chi connectivity index (χ0n) is 17.0. The van der Waals surface area contributed by atoms with Gasteiger partial charge in [0.1, 0.15) is 11.3 Å². The standard InChI is InChI=1S/C20H31N3O3/c1-14(2)15-9-8-10-16(21-15)17(24)22-11-12-23(20(6,7)13-22)18(25)26-19(3,4)5/h8-10,14H,11-13H2,1-7H3. The molecule has 0 aliphatic carbocycles. The Hall–Kier alpha value is -2.11. The molecule has 6 nitrogen and oxygen atoms in total. The smallest absolute Gasteiger partial charge is 0.410 e. The molecule has 1 aromatic heterocycles. The van der Waals surface area contributed by atoms with E-state index in [0.717, 1.165) is 5.69 Å². The number of amides is 2. The fraction of sp³-hybridized carbons (Fsp3) is 0.650. The second-order valence-corrected chi connectivity index (χ2v) is 8.77. The van der Waals surface area contributed by atoms with Gasteiger partial charge in [0.15, 0.2) is 0 Å². The summed E-state index contributed by atoms with van der Waals surface area (Å²) in [5.41, 5.74) is 0.313. The molecule has 26 heavy (non-hydrogen) atoms. The molecule has 2 amide bonds. The third kappa shape index (κ3) is 4.74. The second kappa shape index (κ2) is 7.25. The lowest BCUT2D eigenvalue weighted by Gasteiger charge is -2.46. The highest BCUT2D eigenvalue weighted by molar-refractivity contribution is 5.92. The van der Waals surface area contributed by atoms with Gasteiger partial charge in [0, 0.05) is 25.3 Å². The van der Waals surface area contributed by atoms with Crippen molar-refractivity contribution in [3.8, 4) is 0 Å². The van der Waals surface area contributed by atoms with Gasteiger partial charge in [-0.25, -0.2) is 9.78 Å². The highest BCUT2D eigenvalue weighted by Crippen LogP contribution is 2.25. The number of nitrogens with zero attached hydrogens (tertiary/aromatic N) is 3. The minimum Gasteiger partial charge on any atom is -0.444 e. The maximum atomic E-state index is 12.9. The lowest BCUT2D eigenvalue weighted by Crippen LogP contribution is -2.62. The zero-order chi connectivity index (χ0) is 19.7. The predicted molar refractivity (Wildman–Crippen MR) is 101 cm³/mol. The van der Waals surface area contributed by atoms with Crippen molar-refractivity contribution >= 4 is 12.0 Å². The molecule has 1 aliphatic rings. The highest BCUT2D eigenvalue weighted by Gasteiger charge is 2.40. The van der Waals surface area contributed by atoms with Crippen molar-refractivity contribution in [3.63, 3.8) is 0 Å². The molecule has 2 rings (SSSR count). The van der Waals surface area contributed by atoms with Crippen molar-refractivity contribution in [1.29, 1.82) is 0 Å². The van der Waals surface area contributed by atoms with E-state index in [1.54, 1.807) is 15.9 Å². The number of aromatic nitrogens is 1. The first-order valence-corrected chi connectivity index (χ1v) is 9.17. The van der Waals surface area contributed by atoms with Gasteiger partial charge in [0.2, 0.25) is 0 Å². The number of rotatable bonds is 2. The van der Waals surface area contributed by atoms with Crippen LogP contribution in [0.15, 0.2) is 18.2 Å². The van der Waals surface area contributed by atoms with E-state index in [2.05, 4.69) is 18.8 Å². The second-order valence-electron chi connectivity index (χ2n) is 8.77. The molecular weight excluding hydrogens is 330 g/mol. The van der Waals surface area contributed by atoms with E-state index in [-0.39, 0.29) is 17.9 Å². The summed E-state index contributed by atoms with van der Waals surface area (Å²) in [6.45, 7) is 14.9. The van der Waals surface area contributed by atoms with Crippen LogP contribution in [-0.2, 0) is 4.74 Å². The van der Waals surface area contributed by atoms with Crippen LogP contribution >= 0.6 is 0 Å². The molecule has 1 fully saturated rings. The van der Waals surface area contributed by atoms with E-state index in [1.807, 2.05) is 46.8 Å². The SMILES string of the molecule is CC(C)c1cccc(C(=O)N2CCN(C(=O)OC(C)(C)C)C(C)(C)C2)n1. The molecule has 2 heterocycles. The number of carbonyl (C=O) groups excluding carboxylic acids is 2. The Bertz CT molecular complexity index is 677. The lowest BCUT2D eigenvalue weighted by molar-refractivity contribution is -0.0203. The number of piperazine rings is 1. The Morgan fingerprint density at radius 2 is 1.85 bits per heavy atom. The average molecular weight is 361 g/mol. The van der Waals surface area contributed by atoms with Crippen LogP contribution in [0.25, 0.3) is 0 Å². The molecule has 1 saturated heterocycles. The molecule has 144 valence electrons. The first kappa shape index (κ1) is 20.2. The summed E-state index contributed by atoms with van der Waals surface area (Å²) >= 11 is 0. The van der Waals surface area contributed by atoms with Crippen LogP contribution in [-0.4, -0.2) is 57.6 Å². The molecule has 0 atom stereocenters. The van der Waals surface area contributed by atoms with E-state index in [9.17, 15) is 9.59 Å². The Labute approximate surface area is 156 Å². The number of carbonyl (C=O) groups is 2. The molecule has 0 radical (unpaired) electrons. The van der Waals surface area contributed by atoms with E-state index in [0.29, 0.717) is 25.3 Å². The van der Waals surface area contributed by atoms with Gasteiger partial charge >= 0.3 is 6.09 Å². The number of ether oxygens (including phenoxy) is 1. The van der Waals surface area contributed by atoms with Crippen molar-refractivity contribution in [3.05, 3.63) is 29.6 Å². The van der Waals surface area contributed by atoms with Crippen LogP contribution in [0.5, 0.6) is 0 Å². The quantitative estimate of drug-likeness (QED) is 0.806. The van der Waals surface area contributed by atoms with Crippen molar-refractivity contribution < 1.29 is 14.3 Å². The van der Waals surface area contributed by atoms with Gasteiger partial charge in [0.25, 0.3) is 5.91 Å². The van der Waals surface area contributed by atoms with Crippen LogP contribution in [0, 0.1) is 0 Å². The summed E-state index contributed by atoms with van der Waals surface area (Å²) in [6.07, 6.45) is -0.338. The van der Waals surface area contributed by atoms with Crippen molar-refractivity contribution in [2.75, 3.05) is 19.6 Å². The molecule has 0 aromatic carbocycles. The van der Waals surface area contributed by atoms with Crippen LogP contribution < -0.4 is 0 Å². The van der Waals surface area contributed by atoms with E-state index >= 15 is 0 Å². The Kier molecular flexibility index (Phi) is 5.64. The normalized spacial score (nSPS) is 17.4. The van der Waals surface area contributed by atoms with Gasteiger partial charge in [-0.15, -0.1) is 0 Å². The molecule has 0 unspecified atom stereocenters. The molecule has 1 aliphatic heterocycles. The fourth-order valence-electron chi connectivity index (χ4n) is 3.04. The summed E-state index contributed by atoms with van der Waals surface area (Å²) in [6, 6.07) is 5.56. The largest absolute Gasteiger partial charge is 0.444 e. The molecular formula is C20H31N3O3. The van der Waals surface area contributed by atoms with Gasteiger partial charge in [-0.3, -0.25) is 9.69 Å². The van der Waals surface area contributed by atoms with E-state index in [1.165, 1.54) is 0 Å². The summed E-state index contributed by atoms with van der Waals surface area (Å²) < 4.78 is 5.51. The fourth-order valence-corrected chi connectivity index (χ4v) is 3.04. The van der Waals surface area contributed by atoms with Crippen molar-refractivity contribution in [2.45, 2.75) is 65.5 Å². The lowest BCUT2D eigenvalue weighted by atomic mass is 9.99. The van der Waals surface area contributed by atoms with Gasteiger partial charge < -0.3 is 9.64 Å². The molecule has 0 N–H and O–H groups in total. The minimum atomic E-state index is -0.540. The van der Waals surface area contributed by atoms with E-state index in [4.69, 9.17) is 4.74 Å². The Morgan fingerprint density at radius 1 is 1.19 bits per heavy atom. The minimum absolute atomic E-state index is 0.0931. The van der Waals surface area contributed by atoms with Gasteiger partial charge in [0.05, 0.1) is 5.54 Å². The molecule has 1 aromatic rings. The van der Waals surface area contributed by atoms with Crippen LogP contribution in [0.4, 0.5) is 4.79 Å². The Morgan fingerprint density at radius 3 is 2.38 bits per heavy atom. The molecule has 0 spiro atoms. The highest BCUT2D eigenvalue weighted by atomic mass is 16.6. The number of hydrogen-bond acceptors (Lipinski definition) is 4. The number of pyridine rings is 1. The zero-order valence-corrected chi connectivity index (χ0v) is 17.0.